The summed E-state index contributed by atoms with van der Waals surface area (Å²) in [5.74, 6) is -0.794. The molecule has 1 heterocycles. The number of benzene rings is 2. The molecule has 0 atom stereocenters. The molecule has 0 bridgehead atoms. The topological polar surface area (TPSA) is 129 Å². The highest BCUT2D eigenvalue weighted by atomic mass is 32.2. The lowest BCUT2D eigenvalue weighted by Crippen LogP contribution is -2.40. The van der Waals surface area contributed by atoms with Crippen LogP contribution in [0.1, 0.15) is 20.8 Å². The van der Waals surface area contributed by atoms with E-state index in [1.165, 1.54) is 62.8 Å². The summed E-state index contributed by atoms with van der Waals surface area (Å²) >= 11 is 0. The summed E-state index contributed by atoms with van der Waals surface area (Å²) in [5, 5.41) is 0. The van der Waals surface area contributed by atoms with Gasteiger partial charge in [-0.25, -0.2) is 30.9 Å². The van der Waals surface area contributed by atoms with Crippen LogP contribution in [-0.2, 0) is 29.4 Å². The van der Waals surface area contributed by atoms with Gasteiger partial charge in [-0.15, -0.1) is 0 Å². The maximum Gasteiger partial charge on any atom is 0.376 e. The first-order valence-electron chi connectivity index (χ1n) is 10.6. The number of sulfone groups is 1. The zero-order chi connectivity index (χ0) is 26.7. The molecule has 0 fully saturated rings. The molecular formula is C24H26N2O8S2. The number of nitrogens with zero attached hydrogens (tertiary/aromatic N) is 2. The average Bonchev–Trinajstić information content (AvgIpc) is 3.07. The quantitative estimate of drug-likeness (QED) is 0.495. The fourth-order valence-corrected chi connectivity index (χ4v) is 5.48. The van der Waals surface area contributed by atoms with Gasteiger partial charge in [0.15, 0.2) is 0 Å². The molecule has 12 heteroatoms. The van der Waals surface area contributed by atoms with Crippen molar-refractivity contribution >= 4 is 31.7 Å². The molecule has 0 radical (unpaired) electrons. The first-order chi connectivity index (χ1) is 16.8. The third-order valence-electron chi connectivity index (χ3n) is 4.77. The van der Waals surface area contributed by atoms with Crippen LogP contribution in [0.4, 0.5) is 0 Å². The molecule has 0 spiro atoms. The van der Waals surface area contributed by atoms with Gasteiger partial charge in [-0.3, -0.25) is 0 Å². The summed E-state index contributed by atoms with van der Waals surface area (Å²) in [5.41, 5.74) is -0.965. The Bertz CT molecular complexity index is 1430. The van der Waals surface area contributed by atoms with Crippen molar-refractivity contribution in [2.45, 2.75) is 36.2 Å². The van der Waals surface area contributed by atoms with Crippen LogP contribution in [0, 0.1) is 0 Å². The third kappa shape index (κ3) is 5.77. The summed E-state index contributed by atoms with van der Waals surface area (Å²) in [4.78, 5) is 16.3. The van der Waals surface area contributed by atoms with Gasteiger partial charge in [-0.1, -0.05) is 0 Å². The van der Waals surface area contributed by atoms with Crippen molar-refractivity contribution in [1.29, 1.82) is 0 Å². The monoisotopic (exact) mass is 534 g/mol. The number of allylic oxidation sites excluding steroid dienone is 1. The lowest BCUT2D eigenvalue weighted by Gasteiger charge is -2.24. The fourth-order valence-electron chi connectivity index (χ4n) is 3.01. The van der Waals surface area contributed by atoms with Gasteiger partial charge in [-0.2, -0.15) is 0 Å². The minimum Gasteiger partial charge on any atom is -0.497 e. The highest BCUT2D eigenvalue weighted by Gasteiger charge is 2.35. The second-order valence-corrected chi connectivity index (χ2v) is 12.2. The summed E-state index contributed by atoms with van der Waals surface area (Å²) < 4.78 is 69.4. The van der Waals surface area contributed by atoms with Gasteiger partial charge >= 0.3 is 5.97 Å². The lowest BCUT2D eigenvalue weighted by atomic mass is 10.2. The van der Waals surface area contributed by atoms with Crippen molar-refractivity contribution in [2.24, 2.45) is 4.99 Å². The molecule has 3 rings (SSSR count). The SMILES string of the molecule is COc1ccc(S(=O)(=O)C2=CN=C(C(=O)OC(C)(C)C)N(S(=O)(=O)c3ccc(OC)cc3)C=C2)cc1. The second-order valence-electron chi connectivity index (χ2n) is 8.46. The van der Waals surface area contributed by atoms with E-state index in [0.29, 0.717) is 15.8 Å². The average molecular weight is 535 g/mol. The van der Waals surface area contributed by atoms with E-state index in [-0.39, 0.29) is 14.7 Å². The maximum absolute atomic E-state index is 13.5. The number of hydrogen-bond donors (Lipinski definition) is 0. The molecule has 0 aromatic heterocycles. The Morgan fingerprint density at radius 3 is 1.81 bits per heavy atom. The van der Waals surface area contributed by atoms with Crippen LogP contribution in [0.3, 0.4) is 0 Å². The van der Waals surface area contributed by atoms with E-state index in [9.17, 15) is 21.6 Å². The Balaban J connectivity index is 2.11. The van der Waals surface area contributed by atoms with Crippen LogP contribution >= 0.6 is 0 Å². The predicted molar refractivity (Wildman–Crippen MR) is 133 cm³/mol. The van der Waals surface area contributed by atoms with Crippen LogP contribution in [0.15, 0.2) is 86.7 Å². The van der Waals surface area contributed by atoms with Gasteiger partial charge in [0.1, 0.15) is 17.1 Å². The molecule has 0 saturated heterocycles. The summed E-state index contributed by atoms with van der Waals surface area (Å²) in [6.07, 6.45) is 2.93. The maximum atomic E-state index is 13.5. The molecule has 0 aliphatic carbocycles. The van der Waals surface area contributed by atoms with Crippen molar-refractivity contribution in [3.8, 4) is 11.5 Å². The number of methoxy groups -OCH3 is 2. The molecule has 36 heavy (non-hydrogen) atoms. The summed E-state index contributed by atoms with van der Waals surface area (Å²) in [6.45, 7) is 4.82. The first-order valence-corrected chi connectivity index (χ1v) is 13.5. The van der Waals surface area contributed by atoms with E-state index >= 15 is 0 Å². The van der Waals surface area contributed by atoms with Gasteiger partial charge in [0.05, 0.1) is 28.9 Å². The molecule has 2 aromatic rings. The number of sulfonamides is 1. The molecule has 1 aliphatic rings. The zero-order valence-corrected chi connectivity index (χ0v) is 22.0. The van der Waals surface area contributed by atoms with Crippen LogP contribution in [0.2, 0.25) is 0 Å². The molecule has 2 aromatic carbocycles. The number of amidine groups is 1. The molecule has 0 saturated carbocycles. The van der Waals surface area contributed by atoms with Gasteiger partial charge in [0, 0.05) is 12.4 Å². The molecule has 0 unspecified atom stereocenters. The van der Waals surface area contributed by atoms with Gasteiger partial charge in [-0.05, 0) is 75.4 Å². The molecule has 10 nitrogen and oxygen atoms in total. The molecule has 192 valence electrons. The van der Waals surface area contributed by atoms with Crippen LogP contribution in [-0.4, -0.2) is 52.8 Å². The van der Waals surface area contributed by atoms with Crippen molar-refractivity contribution < 1.29 is 35.8 Å². The minimum absolute atomic E-state index is 0.0697. The van der Waals surface area contributed by atoms with Crippen LogP contribution in [0.25, 0.3) is 0 Å². The zero-order valence-electron chi connectivity index (χ0n) is 20.3. The Hall–Kier alpha value is -3.64. The number of hydrogen-bond acceptors (Lipinski definition) is 9. The predicted octanol–water partition coefficient (Wildman–Crippen LogP) is 3.28. The normalized spacial score (nSPS) is 14.4. The van der Waals surface area contributed by atoms with Gasteiger partial charge < -0.3 is 14.2 Å². The highest BCUT2D eigenvalue weighted by molar-refractivity contribution is 7.95. The highest BCUT2D eigenvalue weighted by Crippen LogP contribution is 2.27. The van der Waals surface area contributed by atoms with E-state index in [1.807, 2.05) is 0 Å². The Morgan fingerprint density at radius 2 is 1.33 bits per heavy atom. The van der Waals surface area contributed by atoms with E-state index in [0.717, 1.165) is 18.5 Å². The largest absolute Gasteiger partial charge is 0.497 e. The van der Waals surface area contributed by atoms with Crippen molar-refractivity contribution in [3.63, 3.8) is 0 Å². The van der Waals surface area contributed by atoms with Crippen LogP contribution < -0.4 is 9.47 Å². The number of esters is 1. The number of carbonyl (C=O) groups excluding carboxylic acids is 1. The second kappa shape index (κ2) is 10.2. The fraction of sp³-hybridized carbons (Fsp3) is 0.250. The van der Waals surface area contributed by atoms with Crippen molar-refractivity contribution in [1.82, 2.24) is 4.31 Å². The molecule has 1 aliphatic heterocycles. The van der Waals surface area contributed by atoms with E-state index < -0.39 is 37.3 Å². The Kier molecular flexibility index (Phi) is 7.60. The number of aliphatic imine (C=N–C) groups is 1. The van der Waals surface area contributed by atoms with E-state index in [2.05, 4.69) is 4.99 Å². The standard InChI is InChI=1S/C24H26N2O8S2/c1-24(2,3)34-23(27)22-25-16-21(35(28,29)19-10-6-17(32-4)7-11-19)14-15-26(22)36(30,31)20-12-8-18(33-5)9-13-20/h6-16H,1-5H3. The summed E-state index contributed by atoms with van der Waals surface area (Å²) in [6, 6.07) is 11.1. The lowest BCUT2D eigenvalue weighted by molar-refractivity contribution is -0.146. The van der Waals surface area contributed by atoms with Gasteiger partial charge in [0.2, 0.25) is 15.7 Å². The number of rotatable bonds is 7. The molecular weight excluding hydrogens is 508 g/mol. The number of carbonyl (C=O) groups is 1. The Morgan fingerprint density at radius 1 is 0.833 bits per heavy atom. The van der Waals surface area contributed by atoms with Crippen molar-refractivity contribution in [3.05, 3.63) is 71.9 Å². The van der Waals surface area contributed by atoms with Gasteiger partial charge in [0.25, 0.3) is 10.0 Å². The smallest absolute Gasteiger partial charge is 0.376 e. The molecule has 0 amide bonds. The summed E-state index contributed by atoms with van der Waals surface area (Å²) in [7, 11) is -5.62. The number of ether oxygens (including phenoxy) is 3. The molecule has 0 N–H and O–H groups in total. The Labute approximate surface area is 210 Å². The van der Waals surface area contributed by atoms with E-state index in [4.69, 9.17) is 14.2 Å². The first kappa shape index (κ1) is 27.0. The van der Waals surface area contributed by atoms with Crippen molar-refractivity contribution in [2.75, 3.05) is 14.2 Å². The minimum atomic E-state index is -4.39. The van der Waals surface area contributed by atoms with Crippen LogP contribution in [0.5, 0.6) is 11.5 Å². The third-order valence-corrected chi connectivity index (χ3v) is 8.21. The van der Waals surface area contributed by atoms with E-state index in [1.54, 1.807) is 20.8 Å².